The number of nitrogens with zero attached hydrogens (tertiary/aromatic N) is 2. The van der Waals surface area contributed by atoms with Crippen LogP contribution in [0.25, 0.3) is 6.08 Å². The van der Waals surface area contributed by atoms with Crippen LogP contribution < -0.4 is 14.4 Å². The van der Waals surface area contributed by atoms with Gasteiger partial charge in [-0.05, 0) is 55.0 Å². The van der Waals surface area contributed by atoms with E-state index in [9.17, 15) is 4.79 Å². The summed E-state index contributed by atoms with van der Waals surface area (Å²) >= 11 is 0. The van der Waals surface area contributed by atoms with E-state index >= 15 is 0 Å². The first-order chi connectivity index (χ1) is 14.7. The number of benzene rings is 3. The standard InChI is InChI=1S/C25H22N2O3/c1-3-30-22-15-11-20(12-16-22)27-24(19-7-5-4-6-8-19)26-23(25(27)28)17-18-9-13-21(29-2)14-10-18/h4-17H,3H2,1-2H3. The van der Waals surface area contributed by atoms with Crippen molar-refractivity contribution >= 4 is 23.5 Å². The summed E-state index contributed by atoms with van der Waals surface area (Å²) in [6, 6.07) is 24.7. The number of ether oxygens (including phenoxy) is 2. The number of rotatable bonds is 6. The lowest BCUT2D eigenvalue weighted by molar-refractivity contribution is -0.113. The summed E-state index contributed by atoms with van der Waals surface area (Å²) in [5.74, 6) is 1.96. The number of hydrogen-bond acceptors (Lipinski definition) is 4. The molecule has 3 aromatic carbocycles. The number of anilines is 1. The minimum Gasteiger partial charge on any atom is -0.497 e. The third-order valence-corrected chi connectivity index (χ3v) is 4.72. The Morgan fingerprint density at radius 3 is 2.20 bits per heavy atom. The van der Waals surface area contributed by atoms with Crippen molar-refractivity contribution in [3.63, 3.8) is 0 Å². The zero-order valence-electron chi connectivity index (χ0n) is 16.9. The van der Waals surface area contributed by atoms with Gasteiger partial charge in [0.1, 0.15) is 23.0 Å². The fourth-order valence-electron chi connectivity index (χ4n) is 3.25. The second kappa shape index (κ2) is 8.66. The fourth-order valence-corrected chi connectivity index (χ4v) is 3.25. The van der Waals surface area contributed by atoms with Gasteiger partial charge in [0.25, 0.3) is 5.91 Å². The molecule has 30 heavy (non-hydrogen) atoms. The number of hydrogen-bond donors (Lipinski definition) is 0. The smallest absolute Gasteiger partial charge is 0.282 e. The Labute approximate surface area is 175 Å². The molecular weight excluding hydrogens is 376 g/mol. The summed E-state index contributed by atoms with van der Waals surface area (Å²) in [5.41, 5.74) is 2.87. The molecule has 3 aromatic rings. The monoisotopic (exact) mass is 398 g/mol. The van der Waals surface area contributed by atoms with Crippen molar-refractivity contribution < 1.29 is 14.3 Å². The first kappa shape index (κ1) is 19.5. The molecule has 0 atom stereocenters. The molecule has 1 amide bonds. The van der Waals surface area contributed by atoms with Gasteiger partial charge in [0.2, 0.25) is 0 Å². The Balaban J connectivity index is 1.74. The molecule has 0 aliphatic carbocycles. The summed E-state index contributed by atoms with van der Waals surface area (Å²) in [6.45, 7) is 2.53. The van der Waals surface area contributed by atoms with Gasteiger partial charge in [-0.2, -0.15) is 0 Å². The van der Waals surface area contributed by atoms with E-state index in [1.54, 1.807) is 18.1 Å². The van der Waals surface area contributed by atoms with Gasteiger partial charge in [0.15, 0.2) is 0 Å². The van der Waals surface area contributed by atoms with Gasteiger partial charge in [0.05, 0.1) is 19.4 Å². The van der Waals surface area contributed by atoms with Gasteiger partial charge in [-0.15, -0.1) is 0 Å². The number of carbonyl (C=O) groups is 1. The van der Waals surface area contributed by atoms with Crippen molar-refractivity contribution in [2.24, 2.45) is 4.99 Å². The molecule has 150 valence electrons. The van der Waals surface area contributed by atoms with Gasteiger partial charge in [-0.25, -0.2) is 4.99 Å². The zero-order valence-corrected chi connectivity index (χ0v) is 16.9. The lowest BCUT2D eigenvalue weighted by Gasteiger charge is -2.19. The highest BCUT2D eigenvalue weighted by atomic mass is 16.5. The quantitative estimate of drug-likeness (QED) is 0.553. The Morgan fingerprint density at radius 2 is 1.57 bits per heavy atom. The summed E-state index contributed by atoms with van der Waals surface area (Å²) in [5, 5.41) is 0. The second-order valence-electron chi connectivity index (χ2n) is 6.67. The molecular formula is C25H22N2O3. The van der Waals surface area contributed by atoms with Crippen LogP contribution in [0.2, 0.25) is 0 Å². The first-order valence-corrected chi connectivity index (χ1v) is 9.77. The Bertz CT molecular complexity index is 1090. The van der Waals surface area contributed by atoms with Crippen LogP contribution in [0.3, 0.4) is 0 Å². The Kier molecular flexibility index (Phi) is 5.61. The largest absolute Gasteiger partial charge is 0.497 e. The van der Waals surface area contributed by atoms with Gasteiger partial charge in [0, 0.05) is 5.56 Å². The van der Waals surface area contributed by atoms with E-state index in [0.717, 1.165) is 28.3 Å². The van der Waals surface area contributed by atoms with Gasteiger partial charge in [-0.1, -0.05) is 42.5 Å². The minimum atomic E-state index is -0.172. The van der Waals surface area contributed by atoms with E-state index in [1.165, 1.54) is 0 Å². The molecule has 1 aliphatic rings. The van der Waals surface area contributed by atoms with E-state index in [-0.39, 0.29) is 5.91 Å². The maximum absolute atomic E-state index is 13.3. The molecule has 0 bridgehead atoms. The van der Waals surface area contributed by atoms with Crippen molar-refractivity contribution in [3.8, 4) is 11.5 Å². The van der Waals surface area contributed by atoms with Gasteiger partial charge in [-0.3, -0.25) is 9.69 Å². The van der Waals surface area contributed by atoms with Crippen LogP contribution in [0.15, 0.2) is 89.6 Å². The molecule has 4 rings (SSSR count). The van der Waals surface area contributed by atoms with Crippen molar-refractivity contribution in [2.75, 3.05) is 18.6 Å². The lowest BCUT2D eigenvalue weighted by atomic mass is 10.1. The molecule has 0 spiro atoms. The highest BCUT2D eigenvalue weighted by Crippen LogP contribution is 2.29. The molecule has 5 heteroatoms. The highest BCUT2D eigenvalue weighted by molar-refractivity contribution is 6.33. The van der Waals surface area contributed by atoms with Crippen molar-refractivity contribution in [3.05, 3.63) is 95.7 Å². The molecule has 1 heterocycles. The SMILES string of the molecule is CCOc1ccc(N2C(=O)C(=Cc3ccc(OC)cc3)N=C2c2ccccc2)cc1. The highest BCUT2D eigenvalue weighted by Gasteiger charge is 2.32. The average Bonchev–Trinajstić information content (AvgIpc) is 3.12. The molecule has 0 unspecified atom stereocenters. The summed E-state index contributed by atoms with van der Waals surface area (Å²) in [6.07, 6.45) is 1.79. The van der Waals surface area contributed by atoms with Crippen molar-refractivity contribution in [1.29, 1.82) is 0 Å². The van der Waals surface area contributed by atoms with Crippen LogP contribution in [-0.4, -0.2) is 25.5 Å². The van der Waals surface area contributed by atoms with E-state index < -0.39 is 0 Å². The summed E-state index contributed by atoms with van der Waals surface area (Å²) in [4.78, 5) is 19.6. The second-order valence-corrected chi connectivity index (χ2v) is 6.67. The number of methoxy groups -OCH3 is 1. The van der Waals surface area contributed by atoms with Crippen molar-refractivity contribution in [1.82, 2.24) is 0 Å². The maximum atomic E-state index is 13.3. The van der Waals surface area contributed by atoms with Gasteiger partial charge >= 0.3 is 0 Å². The van der Waals surface area contributed by atoms with E-state index in [4.69, 9.17) is 9.47 Å². The van der Waals surface area contributed by atoms with Crippen LogP contribution in [0.5, 0.6) is 11.5 Å². The molecule has 1 aliphatic heterocycles. The van der Waals surface area contributed by atoms with Gasteiger partial charge < -0.3 is 9.47 Å². The number of carbonyl (C=O) groups excluding carboxylic acids is 1. The third-order valence-electron chi connectivity index (χ3n) is 4.72. The molecule has 0 saturated heterocycles. The zero-order chi connectivity index (χ0) is 20.9. The van der Waals surface area contributed by atoms with Crippen LogP contribution in [0.4, 0.5) is 5.69 Å². The fraction of sp³-hybridized carbons (Fsp3) is 0.120. The third kappa shape index (κ3) is 3.96. The number of aliphatic imine (C=N–C) groups is 1. The molecule has 0 fully saturated rings. The predicted octanol–water partition coefficient (Wildman–Crippen LogP) is 4.93. The molecule has 0 N–H and O–H groups in total. The first-order valence-electron chi connectivity index (χ1n) is 9.77. The molecule has 0 radical (unpaired) electrons. The summed E-state index contributed by atoms with van der Waals surface area (Å²) < 4.78 is 10.7. The van der Waals surface area contributed by atoms with Crippen LogP contribution in [-0.2, 0) is 4.79 Å². The predicted molar refractivity (Wildman–Crippen MR) is 119 cm³/mol. The maximum Gasteiger partial charge on any atom is 0.282 e. The molecule has 0 aromatic heterocycles. The topological polar surface area (TPSA) is 51.1 Å². The number of amides is 1. The molecule has 0 saturated carbocycles. The average molecular weight is 398 g/mol. The van der Waals surface area contributed by atoms with E-state index in [1.807, 2.05) is 85.8 Å². The van der Waals surface area contributed by atoms with Crippen LogP contribution >= 0.6 is 0 Å². The van der Waals surface area contributed by atoms with E-state index in [2.05, 4.69) is 4.99 Å². The lowest BCUT2D eigenvalue weighted by Crippen LogP contribution is -2.32. The van der Waals surface area contributed by atoms with Crippen LogP contribution in [0.1, 0.15) is 18.1 Å². The van der Waals surface area contributed by atoms with E-state index in [0.29, 0.717) is 18.1 Å². The Morgan fingerprint density at radius 1 is 0.900 bits per heavy atom. The van der Waals surface area contributed by atoms with Crippen molar-refractivity contribution in [2.45, 2.75) is 6.92 Å². The molecule has 5 nitrogen and oxygen atoms in total. The normalized spacial score (nSPS) is 14.7. The Hall–Kier alpha value is -3.86. The minimum absolute atomic E-state index is 0.172. The summed E-state index contributed by atoms with van der Waals surface area (Å²) in [7, 11) is 1.62. The number of amidine groups is 1. The van der Waals surface area contributed by atoms with Crippen LogP contribution in [0, 0.1) is 0 Å².